The van der Waals surface area contributed by atoms with Crippen LogP contribution in [0.3, 0.4) is 0 Å². The summed E-state index contributed by atoms with van der Waals surface area (Å²) >= 11 is 0. The first kappa shape index (κ1) is 17.0. The Hall–Kier alpha value is -2.41. The molecule has 0 aliphatic carbocycles. The third-order valence-corrected chi connectivity index (χ3v) is 3.77. The summed E-state index contributed by atoms with van der Waals surface area (Å²) in [5, 5.41) is 2.80. The van der Waals surface area contributed by atoms with Crippen LogP contribution in [0, 0.1) is 5.82 Å². The van der Waals surface area contributed by atoms with Gasteiger partial charge in [0.25, 0.3) is 5.91 Å². The predicted molar refractivity (Wildman–Crippen MR) is 87.2 cm³/mol. The van der Waals surface area contributed by atoms with Crippen LogP contribution >= 0.6 is 0 Å². The molecule has 0 aromatic heterocycles. The smallest absolute Gasteiger partial charge is 0.251 e. The first-order chi connectivity index (χ1) is 10.7. The maximum atomic E-state index is 12.9. The van der Waals surface area contributed by atoms with Crippen LogP contribution in [0.2, 0.25) is 0 Å². The van der Waals surface area contributed by atoms with Crippen LogP contribution in [0.5, 0.6) is 0 Å². The van der Waals surface area contributed by atoms with E-state index < -0.39 is 10.0 Å². The van der Waals surface area contributed by atoms with Crippen molar-refractivity contribution < 1.29 is 17.6 Å². The summed E-state index contributed by atoms with van der Waals surface area (Å²) in [5.41, 5.74) is 1.57. The van der Waals surface area contributed by atoms with Crippen LogP contribution in [0.15, 0.2) is 48.5 Å². The molecular formula is C16H17FN2O3S. The third kappa shape index (κ3) is 5.07. The average molecular weight is 336 g/mol. The highest BCUT2D eigenvalue weighted by molar-refractivity contribution is 7.92. The van der Waals surface area contributed by atoms with Crippen molar-refractivity contribution in [3.05, 3.63) is 65.5 Å². The zero-order chi connectivity index (χ0) is 17.0. The van der Waals surface area contributed by atoms with Gasteiger partial charge in [-0.05, 0) is 48.9 Å². The lowest BCUT2D eigenvalue weighted by molar-refractivity contribution is 0.0940. The topological polar surface area (TPSA) is 75.3 Å². The highest BCUT2D eigenvalue weighted by Crippen LogP contribution is 2.15. The van der Waals surface area contributed by atoms with Gasteiger partial charge in [-0.25, -0.2) is 12.8 Å². The molecule has 0 spiro atoms. The minimum atomic E-state index is -3.35. The van der Waals surface area contributed by atoms with Crippen molar-refractivity contribution in [2.75, 3.05) is 11.0 Å². The molecule has 122 valence electrons. The Morgan fingerprint density at radius 2 is 1.61 bits per heavy atom. The molecule has 0 radical (unpaired) electrons. The molecule has 0 aliphatic heterocycles. The van der Waals surface area contributed by atoms with E-state index in [0.29, 0.717) is 11.3 Å². The van der Waals surface area contributed by atoms with Crippen molar-refractivity contribution in [2.24, 2.45) is 0 Å². The van der Waals surface area contributed by atoms with Crippen molar-refractivity contribution in [2.45, 2.75) is 13.0 Å². The van der Waals surface area contributed by atoms with Crippen LogP contribution in [-0.2, 0) is 10.0 Å². The van der Waals surface area contributed by atoms with E-state index in [4.69, 9.17) is 0 Å². The molecule has 2 rings (SSSR count). The van der Waals surface area contributed by atoms with Crippen molar-refractivity contribution >= 4 is 21.6 Å². The van der Waals surface area contributed by atoms with Crippen LogP contribution in [0.25, 0.3) is 0 Å². The molecule has 7 heteroatoms. The highest BCUT2D eigenvalue weighted by atomic mass is 32.2. The van der Waals surface area contributed by atoms with Gasteiger partial charge in [0.05, 0.1) is 12.3 Å². The first-order valence-corrected chi connectivity index (χ1v) is 8.78. The quantitative estimate of drug-likeness (QED) is 0.881. The lowest BCUT2D eigenvalue weighted by Crippen LogP contribution is -2.26. The normalized spacial score (nSPS) is 12.5. The number of rotatable bonds is 5. The van der Waals surface area contributed by atoms with Gasteiger partial charge < -0.3 is 5.32 Å². The van der Waals surface area contributed by atoms with Gasteiger partial charge in [-0.3, -0.25) is 9.52 Å². The molecule has 23 heavy (non-hydrogen) atoms. The number of anilines is 1. The Morgan fingerprint density at radius 3 is 2.13 bits per heavy atom. The summed E-state index contributed by atoms with van der Waals surface area (Å²) in [6, 6.07) is 11.7. The molecule has 0 bridgehead atoms. The van der Waals surface area contributed by atoms with E-state index in [1.807, 2.05) is 0 Å². The molecule has 2 aromatic carbocycles. The molecule has 0 fully saturated rings. The van der Waals surface area contributed by atoms with Gasteiger partial charge >= 0.3 is 0 Å². The molecule has 2 aromatic rings. The van der Waals surface area contributed by atoms with Crippen LogP contribution in [0.4, 0.5) is 10.1 Å². The summed E-state index contributed by atoms with van der Waals surface area (Å²) in [6.07, 6.45) is 1.05. The molecule has 0 saturated heterocycles. The van der Waals surface area contributed by atoms with Crippen molar-refractivity contribution in [3.63, 3.8) is 0 Å². The van der Waals surface area contributed by atoms with Gasteiger partial charge in [0.15, 0.2) is 0 Å². The Morgan fingerprint density at radius 1 is 1.04 bits per heavy atom. The average Bonchev–Trinajstić information content (AvgIpc) is 2.46. The molecule has 1 atom stereocenters. The van der Waals surface area contributed by atoms with Gasteiger partial charge in [-0.1, -0.05) is 12.1 Å². The van der Waals surface area contributed by atoms with Gasteiger partial charge in [0, 0.05) is 11.3 Å². The molecular weight excluding hydrogens is 319 g/mol. The summed E-state index contributed by atoms with van der Waals surface area (Å²) in [6.45, 7) is 1.80. The Kier molecular flexibility index (Phi) is 5.00. The highest BCUT2D eigenvalue weighted by Gasteiger charge is 2.12. The number of hydrogen-bond donors (Lipinski definition) is 2. The van der Waals surface area contributed by atoms with Crippen LogP contribution in [0.1, 0.15) is 28.9 Å². The number of carbonyl (C=O) groups excluding carboxylic acids is 1. The lowest BCUT2D eigenvalue weighted by atomic mass is 10.1. The maximum Gasteiger partial charge on any atom is 0.251 e. The second-order valence-electron chi connectivity index (χ2n) is 5.20. The minimum absolute atomic E-state index is 0.281. The van der Waals surface area contributed by atoms with E-state index >= 15 is 0 Å². The summed E-state index contributed by atoms with van der Waals surface area (Å²) < 4.78 is 37.5. The van der Waals surface area contributed by atoms with E-state index in [2.05, 4.69) is 10.0 Å². The Balaban J connectivity index is 2.04. The fraction of sp³-hybridized carbons (Fsp3) is 0.188. The third-order valence-electron chi connectivity index (χ3n) is 3.17. The predicted octanol–water partition coefficient (Wildman–Crippen LogP) is 2.69. The fourth-order valence-corrected chi connectivity index (χ4v) is 2.58. The number of carbonyl (C=O) groups is 1. The van der Waals surface area contributed by atoms with Gasteiger partial charge in [-0.2, -0.15) is 0 Å². The molecule has 0 heterocycles. The van der Waals surface area contributed by atoms with Crippen molar-refractivity contribution in [3.8, 4) is 0 Å². The molecule has 0 saturated carbocycles. The number of benzene rings is 2. The lowest BCUT2D eigenvalue weighted by Gasteiger charge is -2.14. The van der Waals surface area contributed by atoms with Gasteiger partial charge in [-0.15, -0.1) is 0 Å². The molecule has 0 aliphatic rings. The maximum absolute atomic E-state index is 12.9. The van der Waals surface area contributed by atoms with Crippen LogP contribution < -0.4 is 10.0 Å². The summed E-state index contributed by atoms with van der Waals surface area (Å²) in [7, 11) is -3.35. The monoisotopic (exact) mass is 336 g/mol. The number of nitrogens with one attached hydrogen (secondary N) is 2. The standard InChI is InChI=1S/C16H17FN2O3S/c1-11(12-3-7-14(17)8-4-12)18-16(20)13-5-9-15(10-6-13)19-23(2,21)22/h3-11,19H,1-2H3,(H,18,20). The zero-order valence-corrected chi connectivity index (χ0v) is 13.5. The van der Waals surface area contributed by atoms with Gasteiger partial charge in [0.1, 0.15) is 5.82 Å². The number of sulfonamides is 1. The second kappa shape index (κ2) is 6.78. The van der Waals surface area contributed by atoms with E-state index in [0.717, 1.165) is 11.8 Å². The molecule has 5 nitrogen and oxygen atoms in total. The minimum Gasteiger partial charge on any atom is -0.346 e. The van der Waals surface area contributed by atoms with E-state index in [1.165, 1.54) is 36.4 Å². The van der Waals surface area contributed by atoms with Crippen molar-refractivity contribution in [1.29, 1.82) is 0 Å². The second-order valence-corrected chi connectivity index (χ2v) is 6.95. The van der Waals surface area contributed by atoms with Gasteiger partial charge in [0.2, 0.25) is 10.0 Å². The fourth-order valence-electron chi connectivity index (χ4n) is 2.02. The number of hydrogen-bond acceptors (Lipinski definition) is 3. The zero-order valence-electron chi connectivity index (χ0n) is 12.7. The molecule has 1 unspecified atom stereocenters. The largest absolute Gasteiger partial charge is 0.346 e. The summed E-state index contributed by atoms with van der Waals surface area (Å²) in [4.78, 5) is 12.2. The molecule has 1 amide bonds. The van der Waals surface area contributed by atoms with E-state index in [-0.39, 0.29) is 17.8 Å². The SMILES string of the molecule is CC(NC(=O)c1ccc(NS(C)(=O)=O)cc1)c1ccc(F)cc1. The van der Waals surface area contributed by atoms with Crippen molar-refractivity contribution in [1.82, 2.24) is 5.32 Å². The number of halogens is 1. The Bertz CT molecular complexity index is 787. The van der Waals surface area contributed by atoms with Crippen LogP contribution in [-0.4, -0.2) is 20.6 Å². The Labute approximate surface area is 134 Å². The molecule has 2 N–H and O–H groups in total. The number of amides is 1. The van der Waals surface area contributed by atoms with E-state index in [9.17, 15) is 17.6 Å². The first-order valence-electron chi connectivity index (χ1n) is 6.89. The van der Waals surface area contributed by atoms with E-state index in [1.54, 1.807) is 19.1 Å². The summed E-state index contributed by atoms with van der Waals surface area (Å²) in [5.74, 6) is -0.631.